The Balaban J connectivity index is 2.94. The highest BCUT2D eigenvalue weighted by molar-refractivity contribution is 5.53. The van der Waals surface area contributed by atoms with Crippen LogP contribution in [-0.2, 0) is 0 Å². The van der Waals surface area contributed by atoms with E-state index in [1.807, 2.05) is 43.3 Å². The van der Waals surface area contributed by atoms with E-state index in [1.165, 1.54) is 0 Å². The molecule has 1 atom stereocenters. The zero-order valence-electron chi connectivity index (χ0n) is 8.77. The average Bonchev–Trinajstić information content (AvgIpc) is 2.18. The molecule has 0 spiro atoms. The molecular formula is C11H18N2O. The molecule has 0 bridgehead atoms. The quantitative estimate of drug-likeness (QED) is 0.755. The summed E-state index contributed by atoms with van der Waals surface area (Å²) >= 11 is 0. The molecule has 0 saturated carbocycles. The first-order valence-corrected chi connectivity index (χ1v) is 4.79. The number of aliphatic hydroxyl groups excluding tert-OH is 1. The molecule has 3 nitrogen and oxygen atoms in total. The third-order valence-corrected chi connectivity index (χ3v) is 2.26. The van der Waals surface area contributed by atoms with Crippen LogP contribution in [0.25, 0.3) is 0 Å². The van der Waals surface area contributed by atoms with Gasteiger partial charge in [-0.2, -0.15) is 0 Å². The molecule has 0 aliphatic carbocycles. The summed E-state index contributed by atoms with van der Waals surface area (Å²) in [4.78, 5) is 2.03. The summed E-state index contributed by atoms with van der Waals surface area (Å²) in [5.74, 6) is 0. The van der Waals surface area contributed by atoms with E-state index in [-0.39, 0.29) is 12.6 Å². The Morgan fingerprint density at radius 3 is 2.57 bits per heavy atom. The van der Waals surface area contributed by atoms with Crippen LogP contribution in [0.4, 0.5) is 5.69 Å². The van der Waals surface area contributed by atoms with Gasteiger partial charge in [0, 0.05) is 32.4 Å². The molecule has 0 unspecified atom stereocenters. The molecule has 0 aliphatic heterocycles. The summed E-state index contributed by atoms with van der Waals surface area (Å²) in [6.45, 7) is 0.128. The Kier molecular flexibility index (Phi) is 3.92. The number of rotatable bonds is 4. The zero-order chi connectivity index (χ0) is 10.6. The fraction of sp³-hybridized carbons (Fsp3) is 0.455. The Hall–Kier alpha value is -1.06. The molecule has 0 aliphatic rings. The van der Waals surface area contributed by atoms with Gasteiger partial charge in [0.2, 0.25) is 0 Å². The van der Waals surface area contributed by atoms with E-state index in [2.05, 4.69) is 0 Å². The van der Waals surface area contributed by atoms with E-state index in [0.717, 1.165) is 11.3 Å². The van der Waals surface area contributed by atoms with Crippen LogP contribution in [0.3, 0.4) is 0 Å². The van der Waals surface area contributed by atoms with Gasteiger partial charge in [0.1, 0.15) is 0 Å². The summed E-state index contributed by atoms with van der Waals surface area (Å²) in [5, 5.41) is 8.83. The molecule has 0 heterocycles. The SMILES string of the molecule is CN(C)c1ccccc1[C@H](N)CCO. The molecule has 78 valence electrons. The molecule has 1 aromatic carbocycles. The predicted molar refractivity (Wildman–Crippen MR) is 59.4 cm³/mol. The average molecular weight is 194 g/mol. The molecule has 0 amide bonds. The number of hydrogen-bond donors (Lipinski definition) is 2. The van der Waals surface area contributed by atoms with Crippen LogP contribution in [0.15, 0.2) is 24.3 Å². The maximum Gasteiger partial charge on any atom is 0.0449 e. The Morgan fingerprint density at radius 1 is 1.36 bits per heavy atom. The Bertz CT molecular complexity index is 286. The van der Waals surface area contributed by atoms with Gasteiger partial charge in [-0.05, 0) is 18.1 Å². The highest BCUT2D eigenvalue weighted by Crippen LogP contribution is 2.24. The first-order valence-electron chi connectivity index (χ1n) is 4.79. The van der Waals surface area contributed by atoms with Crippen LogP contribution in [0.1, 0.15) is 18.0 Å². The zero-order valence-corrected chi connectivity index (χ0v) is 8.77. The second kappa shape index (κ2) is 4.98. The number of para-hydroxylation sites is 1. The fourth-order valence-electron chi connectivity index (χ4n) is 1.50. The lowest BCUT2D eigenvalue weighted by atomic mass is 10.0. The van der Waals surface area contributed by atoms with Crippen molar-refractivity contribution in [1.82, 2.24) is 0 Å². The maximum atomic E-state index is 8.83. The highest BCUT2D eigenvalue weighted by atomic mass is 16.3. The van der Waals surface area contributed by atoms with Crippen molar-refractivity contribution in [1.29, 1.82) is 0 Å². The van der Waals surface area contributed by atoms with E-state index < -0.39 is 0 Å². The van der Waals surface area contributed by atoms with E-state index in [4.69, 9.17) is 10.8 Å². The topological polar surface area (TPSA) is 49.5 Å². The molecule has 0 aromatic heterocycles. The van der Waals surface area contributed by atoms with E-state index in [0.29, 0.717) is 6.42 Å². The number of nitrogens with zero attached hydrogens (tertiary/aromatic N) is 1. The van der Waals surface area contributed by atoms with Crippen molar-refractivity contribution in [2.45, 2.75) is 12.5 Å². The van der Waals surface area contributed by atoms with Crippen molar-refractivity contribution in [3.8, 4) is 0 Å². The van der Waals surface area contributed by atoms with Gasteiger partial charge in [0.15, 0.2) is 0 Å². The Labute approximate surface area is 85.2 Å². The lowest BCUT2D eigenvalue weighted by Gasteiger charge is -2.20. The van der Waals surface area contributed by atoms with Gasteiger partial charge in [0.25, 0.3) is 0 Å². The normalized spacial score (nSPS) is 12.6. The molecule has 3 N–H and O–H groups in total. The largest absolute Gasteiger partial charge is 0.396 e. The monoisotopic (exact) mass is 194 g/mol. The van der Waals surface area contributed by atoms with Gasteiger partial charge in [-0.1, -0.05) is 18.2 Å². The van der Waals surface area contributed by atoms with Crippen LogP contribution in [0.5, 0.6) is 0 Å². The number of anilines is 1. The second-order valence-electron chi connectivity index (χ2n) is 3.57. The third-order valence-electron chi connectivity index (χ3n) is 2.26. The van der Waals surface area contributed by atoms with Crippen LogP contribution < -0.4 is 10.6 Å². The molecule has 0 radical (unpaired) electrons. The van der Waals surface area contributed by atoms with Crippen molar-refractivity contribution in [2.75, 3.05) is 25.6 Å². The first-order chi connectivity index (χ1) is 6.66. The van der Waals surface area contributed by atoms with Gasteiger partial charge in [-0.3, -0.25) is 0 Å². The van der Waals surface area contributed by atoms with Crippen molar-refractivity contribution in [3.63, 3.8) is 0 Å². The molecule has 1 rings (SSSR count). The molecular weight excluding hydrogens is 176 g/mol. The molecule has 14 heavy (non-hydrogen) atoms. The van der Waals surface area contributed by atoms with Crippen LogP contribution >= 0.6 is 0 Å². The maximum absolute atomic E-state index is 8.83. The standard InChI is InChI=1S/C11H18N2O/c1-13(2)11-6-4-3-5-9(11)10(12)7-8-14/h3-6,10,14H,7-8,12H2,1-2H3/t10-/m1/s1. The molecule has 3 heteroatoms. The van der Waals surface area contributed by atoms with E-state index >= 15 is 0 Å². The van der Waals surface area contributed by atoms with Gasteiger partial charge in [-0.15, -0.1) is 0 Å². The minimum absolute atomic E-state index is 0.0846. The van der Waals surface area contributed by atoms with Gasteiger partial charge in [-0.25, -0.2) is 0 Å². The number of hydrogen-bond acceptors (Lipinski definition) is 3. The van der Waals surface area contributed by atoms with Gasteiger partial charge in [0.05, 0.1) is 0 Å². The summed E-state index contributed by atoms with van der Waals surface area (Å²) in [6, 6.07) is 7.92. The van der Waals surface area contributed by atoms with Crippen LogP contribution in [0, 0.1) is 0 Å². The lowest BCUT2D eigenvalue weighted by Crippen LogP contribution is -2.18. The van der Waals surface area contributed by atoms with E-state index in [9.17, 15) is 0 Å². The summed E-state index contributed by atoms with van der Waals surface area (Å²) in [6.07, 6.45) is 0.602. The van der Waals surface area contributed by atoms with E-state index in [1.54, 1.807) is 0 Å². The number of aliphatic hydroxyl groups is 1. The molecule has 1 aromatic rings. The third kappa shape index (κ3) is 2.47. The Morgan fingerprint density at radius 2 is 2.00 bits per heavy atom. The van der Waals surface area contributed by atoms with Gasteiger partial charge >= 0.3 is 0 Å². The van der Waals surface area contributed by atoms with Gasteiger partial charge < -0.3 is 15.7 Å². The second-order valence-corrected chi connectivity index (χ2v) is 3.57. The minimum atomic E-state index is -0.0846. The number of nitrogens with two attached hydrogens (primary N) is 1. The molecule has 0 saturated heterocycles. The molecule has 0 fully saturated rings. The van der Waals surface area contributed by atoms with Crippen LogP contribution in [-0.4, -0.2) is 25.8 Å². The summed E-state index contributed by atoms with van der Waals surface area (Å²) in [7, 11) is 3.98. The fourth-order valence-corrected chi connectivity index (χ4v) is 1.50. The summed E-state index contributed by atoms with van der Waals surface area (Å²) in [5.41, 5.74) is 8.17. The van der Waals surface area contributed by atoms with Crippen molar-refractivity contribution in [3.05, 3.63) is 29.8 Å². The predicted octanol–water partition coefficient (Wildman–Crippen LogP) is 1.13. The summed E-state index contributed by atoms with van der Waals surface area (Å²) < 4.78 is 0. The van der Waals surface area contributed by atoms with Crippen molar-refractivity contribution in [2.24, 2.45) is 5.73 Å². The van der Waals surface area contributed by atoms with Crippen molar-refractivity contribution >= 4 is 5.69 Å². The number of benzene rings is 1. The first kappa shape index (κ1) is 11.0. The van der Waals surface area contributed by atoms with Crippen LogP contribution in [0.2, 0.25) is 0 Å². The lowest BCUT2D eigenvalue weighted by molar-refractivity contribution is 0.276. The minimum Gasteiger partial charge on any atom is -0.396 e. The smallest absolute Gasteiger partial charge is 0.0449 e. The highest BCUT2D eigenvalue weighted by Gasteiger charge is 2.10. The van der Waals surface area contributed by atoms with Crippen molar-refractivity contribution < 1.29 is 5.11 Å².